The quantitative estimate of drug-likeness (QED) is 0.655. The van der Waals surface area contributed by atoms with Crippen LogP contribution in [0.25, 0.3) is 0 Å². The zero-order valence-electron chi connectivity index (χ0n) is 11.1. The molecule has 0 spiro atoms. The third-order valence-electron chi connectivity index (χ3n) is 3.87. The third-order valence-corrected chi connectivity index (χ3v) is 3.87. The molecule has 0 aliphatic heterocycles. The minimum atomic E-state index is -0.405. The van der Waals surface area contributed by atoms with Crippen molar-refractivity contribution in [3.63, 3.8) is 0 Å². The first-order valence-electron chi connectivity index (χ1n) is 7.09. The number of aliphatic hydroxyl groups is 1. The van der Waals surface area contributed by atoms with E-state index in [1.54, 1.807) is 0 Å². The molecule has 0 bridgehead atoms. The van der Waals surface area contributed by atoms with E-state index >= 15 is 0 Å². The maximum atomic E-state index is 10.3. The predicted molar refractivity (Wildman–Crippen MR) is 69.6 cm³/mol. The molecular weight excluding hydrogens is 198 g/mol. The van der Waals surface area contributed by atoms with Gasteiger partial charge in [0.2, 0.25) is 0 Å². The monoisotopic (exact) mass is 227 g/mol. The minimum Gasteiger partial charge on any atom is -0.389 e. The van der Waals surface area contributed by atoms with Gasteiger partial charge in [-0.15, -0.1) is 0 Å². The first-order chi connectivity index (χ1) is 7.66. The topological polar surface area (TPSA) is 32.3 Å². The number of hydrogen-bond donors (Lipinski definition) is 2. The Hall–Kier alpha value is -0.0800. The molecular formula is C14H29NO. The van der Waals surface area contributed by atoms with E-state index < -0.39 is 5.60 Å². The second kappa shape index (κ2) is 7.29. The summed E-state index contributed by atoms with van der Waals surface area (Å²) in [6.45, 7) is 6.39. The van der Waals surface area contributed by atoms with Gasteiger partial charge in [-0.2, -0.15) is 0 Å². The Morgan fingerprint density at radius 1 is 1.19 bits per heavy atom. The van der Waals surface area contributed by atoms with Crippen LogP contribution < -0.4 is 5.32 Å². The van der Waals surface area contributed by atoms with Gasteiger partial charge in [0.1, 0.15) is 0 Å². The second-order valence-corrected chi connectivity index (χ2v) is 5.64. The average Bonchev–Trinajstić information content (AvgIpc) is 2.28. The van der Waals surface area contributed by atoms with Gasteiger partial charge >= 0.3 is 0 Å². The van der Waals surface area contributed by atoms with Gasteiger partial charge < -0.3 is 10.4 Å². The molecule has 1 saturated carbocycles. The maximum absolute atomic E-state index is 10.3. The van der Waals surface area contributed by atoms with E-state index in [2.05, 4.69) is 19.2 Å². The van der Waals surface area contributed by atoms with Crippen LogP contribution in [0.3, 0.4) is 0 Å². The van der Waals surface area contributed by atoms with Crippen molar-refractivity contribution < 1.29 is 5.11 Å². The highest BCUT2D eigenvalue weighted by atomic mass is 16.3. The Bertz CT molecular complexity index is 174. The highest BCUT2D eigenvalue weighted by molar-refractivity contribution is 4.86. The van der Waals surface area contributed by atoms with Crippen LogP contribution in [0.4, 0.5) is 0 Å². The third kappa shape index (κ3) is 5.31. The molecule has 2 heteroatoms. The van der Waals surface area contributed by atoms with Crippen molar-refractivity contribution in [2.75, 3.05) is 13.1 Å². The highest BCUT2D eigenvalue weighted by Crippen LogP contribution is 2.31. The molecule has 16 heavy (non-hydrogen) atoms. The van der Waals surface area contributed by atoms with Crippen molar-refractivity contribution in [3.05, 3.63) is 0 Å². The molecule has 0 saturated heterocycles. The molecule has 0 aromatic rings. The van der Waals surface area contributed by atoms with E-state index in [4.69, 9.17) is 0 Å². The van der Waals surface area contributed by atoms with E-state index in [0.29, 0.717) is 0 Å². The lowest BCUT2D eigenvalue weighted by Crippen LogP contribution is -2.43. The first kappa shape index (κ1) is 14.0. The van der Waals surface area contributed by atoms with Crippen molar-refractivity contribution in [2.24, 2.45) is 5.92 Å². The van der Waals surface area contributed by atoms with Crippen LogP contribution in [0.5, 0.6) is 0 Å². The fourth-order valence-corrected chi connectivity index (χ4v) is 2.47. The summed E-state index contributed by atoms with van der Waals surface area (Å²) >= 11 is 0. The fraction of sp³-hybridized carbons (Fsp3) is 1.00. The second-order valence-electron chi connectivity index (χ2n) is 5.64. The van der Waals surface area contributed by atoms with E-state index in [9.17, 15) is 5.11 Å². The molecule has 0 heterocycles. The van der Waals surface area contributed by atoms with Crippen LogP contribution in [0.1, 0.15) is 65.2 Å². The normalized spacial score (nSPS) is 30.6. The summed E-state index contributed by atoms with van der Waals surface area (Å²) in [5, 5.41) is 13.7. The van der Waals surface area contributed by atoms with Crippen molar-refractivity contribution in [3.8, 4) is 0 Å². The van der Waals surface area contributed by atoms with E-state index in [1.165, 1.54) is 38.5 Å². The van der Waals surface area contributed by atoms with Crippen molar-refractivity contribution >= 4 is 0 Å². The predicted octanol–water partition coefficient (Wildman–Crippen LogP) is 3.10. The van der Waals surface area contributed by atoms with Crippen LogP contribution in [0.2, 0.25) is 0 Å². The Morgan fingerprint density at radius 3 is 2.50 bits per heavy atom. The number of nitrogens with one attached hydrogen (secondary N) is 1. The van der Waals surface area contributed by atoms with E-state index in [0.717, 1.165) is 31.8 Å². The summed E-state index contributed by atoms with van der Waals surface area (Å²) in [5.74, 6) is 0.810. The molecule has 0 amide bonds. The average molecular weight is 227 g/mol. The molecule has 0 unspecified atom stereocenters. The minimum absolute atomic E-state index is 0.405. The summed E-state index contributed by atoms with van der Waals surface area (Å²) in [6.07, 6.45) is 9.54. The van der Waals surface area contributed by atoms with Crippen LogP contribution >= 0.6 is 0 Å². The van der Waals surface area contributed by atoms with Gasteiger partial charge in [-0.1, -0.05) is 33.1 Å². The SMILES string of the molecule is CCCCCCNCC1(O)CCC(C)CC1. The fourth-order valence-electron chi connectivity index (χ4n) is 2.47. The molecule has 2 N–H and O–H groups in total. The molecule has 0 aromatic heterocycles. The van der Waals surface area contributed by atoms with Crippen LogP contribution in [-0.4, -0.2) is 23.8 Å². The number of rotatable bonds is 7. The van der Waals surface area contributed by atoms with Crippen molar-refractivity contribution in [1.29, 1.82) is 0 Å². The highest BCUT2D eigenvalue weighted by Gasteiger charge is 2.30. The standard InChI is InChI=1S/C14H29NO/c1-3-4-5-6-11-15-12-14(16)9-7-13(2)8-10-14/h13,15-16H,3-12H2,1-2H3. The molecule has 96 valence electrons. The number of unbranched alkanes of at least 4 members (excludes halogenated alkanes) is 3. The van der Waals surface area contributed by atoms with Gasteiger partial charge in [0.15, 0.2) is 0 Å². The molecule has 1 rings (SSSR count). The molecule has 0 atom stereocenters. The first-order valence-corrected chi connectivity index (χ1v) is 7.09. The Balaban J connectivity index is 2.03. The van der Waals surface area contributed by atoms with Crippen LogP contribution in [0.15, 0.2) is 0 Å². The van der Waals surface area contributed by atoms with Crippen molar-refractivity contribution in [2.45, 2.75) is 70.8 Å². The molecule has 2 nitrogen and oxygen atoms in total. The summed E-state index contributed by atoms with van der Waals surface area (Å²) in [6, 6.07) is 0. The Morgan fingerprint density at radius 2 is 1.88 bits per heavy atom. The number of hydrogen-bond acceptors (Lipinski definition) is 2. The zero-order valence-corrected chi connectivity index (χ0v) is 11.1. The van der Waals surface area contributed by atoms with Crippen molar-refractivity contribution in [1.82, 2.24) is 5.32 Å². The lowest BCUT2D eigenvalue weighted by molar-refractivity contribution is -0.00595. The van der Waals surface area contributed by atoms with Crippen LogP contribution in [0, 0.1) is 5.92 Å². The lowest BCUT2D eigenvalue weighted by atomic mass is 9.79. The lowest BCUT2D eigenvalue weighted by Gasteiger charge is -2.35. The summed E-state index contributed by atoms with van der Waals surface area (Å²) in [5.41, 5.74) is -0.405. The summed E-state index contributed by atoms with van der Waals surface area (Å²) < 4.78 is 0. The van der Waals surface area contributed by atoms with Gasteiger partial charge in [0.25, 0.3) is 0 Å². The largest absolute Gasteiger partial charge is 0.389 e. The van der Waals surface area contributed by atoms with Gasteiger partial charge in [-0.05, 0) is 44.6 Å². The van der Waals surface area contributed by atoms with Gasteiger partial charge in [0, 0.05) is 6.54 Å². The molecule has 0 aromatic carbocycles. The van der Waals surface area contributed by atoms with Gasteiger partial charge in [-0.3, -0.25) is 0 Å². The summed E-state index contributed by atoms with van der Waals surface area (Å²) in [4.78, 5) is 0. The molecule has 1 aliphatic rings. The Labute approximate surface area is 101 Å². The summed E-state index contributed by atoms with van der Waals surface area (Å²) in [7, 11) is 0. The molecule has 0 radical (unpaired) electrons. The molecule has 1 fully saturated rings. The van der Waals surface area contributed by atoms with Gasteiger partial charge in [-0.25, -0.2) is 0 Å². The van der Waals surface area contributed by atoms with E-state index in [-0.39, 0.29) is 0 Å². The maximum Gasteiger partial charge on any atom is 0.0771 e. The van der Waals surface area contributed by atoms with Crippen LogP contribution in [-0.2, 0) is 0 Å². The Kier molecular flexibility index (Phi) is 6.37. The smallest absolute Gasteiger partial charge is 0.0771 e. The van der Waals surface area contributed by atoms with E-state index in [1.807, 2.05) is 0 Å². The molecule has 1 aliphatic carbocycles. The zero-order chi connectivity index (χ0) is 11.9. The van der Waals surface area contributed by atoms with Gasteiger partial charge in [0.05, 0.1) is 5.60 Å².